The maximum Gasteiger partial charge on any atom is 0.356 e. The fourth-order valence-corrected chi connectivity index (χ4v) is 2.38. The number of nitrogens with zero attached hydrogens (tertiary/aromatic N) is 1. The molecule has 0 fully saturated rings. The third kappa shape index (κ3) is 3.96. The van der Waals surface area contributed by atoms with Crippen LogP contribution in [0.3, 0.4) is 0 Å². The van der Waals surface area contributed by atoms with Crippen molar-refractivity contribution in [2.75, 3.05) is 11.9 Å². The Balaban J connectivity index is 0.00000109. The summed E-state index contributed by atoms with van der Waals surface area (Å²) >= 11 is 0. The number of benzene rings is 1. The first-order valence-electron chi connectivity index (χ1n) is 8.26. The van der Waals surface area contributed by atoms with Crippen LogP contribution >= 0.6 is 0 Å². The van der Waals surface area contributed by atoms with Gasteiger partial charge < -0.3 is 15.0 Å². The molecule has 0 bridgehead atoms. The van der Waals surface area contributed by atoms with Crippen molar-refractivity contribution in [1.82, 2.24) is 9.97 Å². The van der Waals surface area contributed by atoms with Crippen LogP contribution < -0.4 is 5.32 Å². The summed E-state index contributed by atoms with van der Waals surface area (Å²) in [6, 6.07) is 6.60. The van der Waals surface area contributed by atoms with Crippen molar-refractivity contribution < 1.29 is 13.9 Å². The van der Waals surface area contributed by atoms with Crippen molar-refractivity contribution in [2.45, 2.75) is 27.7 Å². The molecule has 2 heterocycles. The highest BCUT2D eigenvalue weighted by Crippen LogP contribution is 2.31. The molecule has 0 aliphatic heterocycles. The molecule has 3 rings (SSSR count). The van der Waals surface area contributed by atoms with E-state index in [0.29, 0.717) is 11.1 Å². The molecule has 1 aromatic carbocycles. The number of anilines is 2. The Kier molecular flexibility index (Phi) is 6.11. The number of rotatable bonds is 4. The van der Waals surface area contributed by atoms with Crippen LogP contribution in [0.2, 0.25) is 0 Å². The molecule has 132 valence electrons. The Morgan fingerprint density at radius 2 is 2.08 bits per heavy atom. The Bertz CT molecular complexity index is 874. The number of ether oxygens (including phenoxy) is 1. The largest absolute Gasteiger partial charge is 0.461 e. The highest BCUT2D eigenvalue weighted by atomic mass is 19.1. The van der Waals surface area contributed by atoms with Crippen molar-refractivity contribution in [3.8, 4) is 0 Å². The molecule has 5 nitrogen and oxygen atoms in total. The van der Waals surface area contributed by atoms with Gasteiger partial charge >= 0.3 is 5.97 Å². The molecule has 0 saturated carbocycles. The second-order valence-electron chi connectivity index (χ2n) is 5.13. The van der Waals surface area contributed by atoms with E-state index in [2.05, 4.69) is 15.3 Å². The van der Waals surface area contributed by atoms with E-state index in [4.69, 9.17) is 4.74 Å². The number of nitrogens with one attached hydrogen (secondary N) is 2. The first kappa shape index (κ1) is 18.4. The third-order valence-electron chi connectivity index (χ3n) is 3.46. The molecule has 0 amide bonds. The Morgan fingerprint density at radius 3 is 2.76 bits per heavy atom. The van der Waals surface area contributed by atoms with Gasteiger partial charge in [0.25, 0.3) is 0 Å². The number of aromatic nitrogens is 2. The van der Waals surface area contributed by atoms with E-state index in [1.165, 1.54) is 6.07 Å². The molecule has 6 heteroatoms. The van der Waals surface area contributed by atoms with Gasteiger partial charge in [-0.15, -0.1) is 0 Å². The fourth-order valence-electron chi connectivity index (χ4n) is 2.38. The summed E-state index contributed by atoms with van der Waals surface area (Å²) in [5.41, 5.74) is 2.52. The van der Waals surface area contributed by atoms with E-state index in [0.717, 1.165) is 11.1 Å². The SMILES string of the molecule is CC.CCOC(=O)c1[nH]c2ccncc2c1Nc1ccc(C)cc1F. The molecule has 0 saturated heterocycles. The minimum atomic E-state index is -0.501. The second kappa shape index (κ2) is 8.28. The molecule has 0 radical (unpaired) electrons. The van der Waals surface area contributed by atoms with Crippen LogP contribution in [-0.4, -0.2) is 22.5 Å². The van der Waals surface area contributed by atoms with Crippen LogP contribution in [0.25, 0.3) is 10.9 Å². The predicted molar refractivity (Wildman–Crippen MR) is 97.8 cm³/mol. The number of carbonyl (C=O) groups is 1. The molecule has 3 aromatic rings. The van der Waals surface area contributed by atoms with Crippen LogP contribution in [0.4, 0.5) is 15.8 Å². The molecule has 2 N–H and O–H groups in total. The summed E-state index contributed by atoms with van der Waals surface area (Å²) in [6.07, 6.45) is 3.23. The van der Waals surface area contributed by atoms with Crippen LogP contribution in [-0.2, 0) is 4.74 Å². The van der Waals surface area contributed by atoms with Gasteiger partial charge in [-0.25, -0.2) is 9.18 Å². The van der Waals surface area contributed by atoms with Gasteiger partial charge in [0.15, 0.2) is 0 Å². The number of pyridine rings is 1. The lowest BCUT2D eigenvalue weighted by Gasteiger charge is -2.09. The zero-order chi connectivity index (χ0) is 18.4. The minimum absolute atomic E-state index is 0.245. The van der Waals surface area contributed by atoms with Gasteiger partial charge in [0, 0.05) is 17.8 Å². The van der Waals surface area contributed by atoms with Gasteiger partial charge in [0.1, 0.15) is 11.5 Å². The Morgan fingerprint density at radius 1 is 1.32 bits per heavy atom. The summed E-state index contributed by atoms with van der Waals surface area (Å²) < 4.78 is 19.2. The summed E-state index contributed by atoms with van der Waals surface area (Å²) in [5.74, 6) is -0.892. The number of fused-ring (bicyclic) bond motifs is 1. The lowest BCUT2D eigenvalue weighted by molar-refractivity contribution is 0.0522. The van der Waals surface area contributed by atoms with Gasteiger partial charge in [0.2, 0.25) is 0 Å². The zero-order valence-corrected chi connectivity index (χ0v) is 14.8. The molecule has 25 heavy (non-hydrogen) atoms. The van der Waals surface area contributed by atoms with Crippen LogP contribution in [0.1, 0.15) is 36.8 Å². The van der Waals surface area contributed by atoms with Gasteiger partial charge in [-0.05, 0) is 37.6 Å². The highest BCUT2D eigenvalue weighted by molar-refractivity contribution is 6.07. The molecular weight excluding hydrogens is 321 g/mol. The van der Waals surface area contributed by atoms with Crippen molar-refractivity contribution in [3.05, 3.63) is 53.7 Å². The number of aryl methyl sites for hydroxylation is 1. The molecule has 0 aliphatic carbocycles. The lowest BCUT2D eigenvalue weighted by atomic mass is 10.2. The quantitative estimate of drug-likeness (QED) is 0.657. The van der Waals surface area contributed by atoms with E-state index in [1.54, 1.807) is 37.5 Å². The highest BCUT2D eigenvalue weighted by Gasteiger charge is 2.20. The van der Waals surface area contributed by atoms with E-state index < -0.39 is 11.8 Å². The number of aromatic amines is 1. The normalized spacial score (nSPS) is 10.1. The fraction of sp³-hybridized carbons (Fsp3) is 0.263. The van der Waals surface area contributed by atoms with E-state index in [1.807, 2.05) is 20.8 Å². The predicted octanol–water partition coefficient (Wildman–Crippen LogP) is 4.96. The first-order chi connectivity index (χ1) is 12.1. The number of H-pyrrole nitrogens is 1. The summed E-state index contributed by atoms with van der Waals surface area (Å²) in [4.78, 5) is 19.2. The lowest BCUT2D eigenvalue weighted by Crippen LogP contribution is -2.08. The van der Waals surface area contributed by atoms with Crippen molar-refractivity contribution in [1.29, 1.82) is 0 Å². The van der Waals surface area contributed by atoms with Crippen LogP contribution in [0.5, 0.6) is 0 Å². The molecule has 0 atom stereocenters. The van der Waals surface area contributed by atoms with Gasteiger partial charge in [0.05, 0.1) is 23.5 Å². The number of carbonyl (C=O) groups excluding carboxylic acids is 1. The van der Waals surface area contributed by atoms with Gasteiger partial charge in [-0.2, -0.15) is 0 Å². The maximum atomic E-state index is 14.1. The summed E-state index contributed by atoms with van der Waals surface area (Å²) in [5, 5.41) is 3.67. The van der Waals surface area contributed by atoms with E-state index >= 15 is 0 Å². The monoisotopic (exact) mass is 343 g/mol. The summed E-state index contributed by atoms with van der Waals surface area (Å²) in [6.45, 7) is 7.80. The Labute approximate surface area is 146 Å². The summed E-state index contributed by atoms with van der Waals surface area (Å²) in [7, 11) is 0. The minimum Gasteiger partial charge on any atom is -0.461 e. The first-order valence-corrected chi connectivity index (χ1v) is 8.26. The molecule has 0 spiro atoms. The molecular formula is C19H22FN3O2. The molecule has 0 aliphatic rings. The van der Waals surface area contributed by atoms with E-state index in [9.17, 15) is 9.18 Å². The van der Waals surface area contributed by atoms with Crippen molar-refractivity contribution >= 4 is 28.2 Å². The average Bonchev–Trinajstić information content (AvgIpc) is 2.98. The molecule has 0 unspecified atom stereocenters. The number of hydrogen-bond acceptors (Lipinski definition) is 4. The van der Waals surface area contributed by atoms with Crippen molar-refractivity contribution in [2.24, 2.45) is 0 Å². The Hall–Kier alpha value is -2.89. The zero-order valence-electron chi connectivity index (χ0n) is 14.8. The number of hydrogen-bond donors (Lipinski definition) is 2. The average molecular weight is 343 g/mol. The van der Waals surface area contributed by atoms with Crippen LogP contribution in [0, 0.1) is 12.7 Å². The maximum absolute atomic E-state index is 14.1. The smallest absolute Gasteiger partial charge is 0.356 e. The van der Waals surface area contributed by atoms with E-state index in [-0.39, 0.29) is 18.0 Å². The molecule has 2 aromatic heterocycles. The second-order valence-corrected chi connectivity index (χ2v) is 5.13. The van der Waals surface area contributed by atoms with Crippen LogP contribution in [0.15, 0.2) is 36.7 Å². The number of halogens is 1. The number of esters is 1. The standard InChI is InChI=1S/C17H16FN3O2.C2H6/c1-3-23-17(22)16-15(11-9-19-7-6-13(11)20-16)21-14-5-4-10(2)8-12(14)18;1-2/h4-9,20-21H,3H2,1-2H3;1-2H3. The van der Waals surface area contributed by atoms with Gasteiger partial charge in [-0.3, -0.25) is 4.98 Å². The third-order valence-corrected chi connectivity index (χ3v) is 3.46. The van der Waals surface area contributed by atoms with Gasteiger partial charge in [-0.1, -0.05) is 19.9 Å². The topological polar surface area (TPSA) is 67.0 Å². The van der Waals surface area contributed by atoms with Crippen molar-refractivity contribution in [3.63, 3.8) is 0 Å².